The van der Waals surface area contributed by atoms with Crippen LogP contribution < -0.4 is 4.72 Å². The van der Waals surface area contributed by atoms with Crippen molar-refractivity contribution >= 4 is 43.2 Å². The second-order valence-electron chi connectivity index (χ2n) is 3.69. The van der Waals surface area contributed by atoms with Crippen LogP contribution >= 0.6 is 27.5 Å². The fraction of sp³-hybridized carbons (Fsp3) is 0. The molecule has 0 saturated heterocycles. The van der Waals surface area contributed by atoms with E-state index in [0.717, 1.165) is 12.1 Å². The molecular formula is C12H8BrClFNO2S. The molecule has 0 heterocycles. The topological polar surface area (TPSA) is 46.2 Å². The average Bonchev–Trinajstić information content (AvgIpc) is 2.33. The van der Waals surface area contributed by atoms with Crippen LogP contribution in [0.5, 0.6) is 0 Å². The van der Waals surface area contributed by atoms with Crippen LogP contribution in [0.4, 0.5) is 10.1 Å². The molecule has 2 rings (SSSR count). The van der Waals surface area contributed by atoms with Gasteiger partial charge < -0.3 is 0 Å². The van der Waals surface area contributed by atoms with E-state index >= 15 is 0 Å². The van der Waals surface area contributed by atoms with Crippen LogP contribution in [0.25, 0.3) is 0 Å². The average molecular weight is 365 g/mol. The van der Waals surface area contributed by atoms with Gasteiger partial charge in [0, 0.05) is 4.47 Å². The maximum Gasteiger partial charge on any atom is 0.261 e. The molecule has 0 aliphatic rings. The van der Waals surface area contributed by atoms with Crippen molar-refractivity contribution in [3.8, 4) is 0 Å². The Morgan fingerprint density at radius 3 is 2.53 bits per heavy atom. The minimum Gasteiger partial charge on any atom is -0.278 e. The van der Waals surface area contributed by atoms with E-state index in [9.17, 15) is 12.8 Å². The summed E-state index contributed by atoms with van der Waals surface area (Å²) in [6, 6.07) is 9.66. The standard InChI is InChI=1S/C12H8BrClFNO2S/c13-8-2-1-3-10(6-8)19(17,18)16-12-5-4-9(15)7-11(12)14/h1-7,16H. The molecule has 2 aromatic rings. The number of halogens is 3. The van der Waals surface area contributed by atoms with E-state index in [1.165, 1.54) is 18.2 Å². The first kappa shape index (κ1) is 14.3. The summed E-state index contributed by atoms with van der Waals surface area (Å²) in [6.07, 6.45) is 0. The van der Waals surface area contributed by atoms with Gasteiger partial charge in [-0.1, -0.05) is 33.6 Å². The number of sulfonamides is 1. The Bertz CT molecular complexity index is 721. The number of nitrogens with one attached hydrogen (secondary N) is 1. The smallest absolute Gasteiger partial charge is 0.261 e. The van der Waals surface area contributed by atoms with Crippen LogP contribution in [0.3, 0.4) is 0 Å². The second-order valence-corrected chi connectivity index (χ2v) is 6.69. The van der Waals surface area contributed by atoms with Gasteiger partial charge in [0.25, 0.3) is 10.0 Å². The minimum absolute atomic E-state index is 0.00132. The molecule has 1 N–H and O–H groups in total. The molecule has 0 aliphatic heterocycles. The van der Waals surface area contributed by atoms with Crippen molar-refractivity contribution < 1.29 is 12.8 Å². The van der Waals surface area contributed by atoms with Crippen molar-refractivity contribution in [2.45, 2.75) is 4.90 Å². The van der Waals surface area contributed by atoms with Gasteiger partial charge in [-0.05, 0) is 36.4 Å². The summed E-state index contributed by atoms with van der Waals surface area (Å²) in [5, 5.41) is -0.00132. The second kappa shape index (κ2) is 5.48. The number of rotatable bonds is 3. The Hall–Kier alpha value is -1.11. The maximum atomic E-state index is 12.9. The summed E-state index contributed by atoms with van der Waals surface area (Å²) < 4.78 is 40.1. The zero-order valence-electron chi connectivity index (χ0n) is 9.40. The van der Waals surface area contributed by atoms with Gasteiger partial charge in [-0.2, -0.15) is 0 Å². The van der Waals surface area contributed by atoms with Gasteiger partial charge in [0.05, 0.1) is 15.6 Å². The van der Waals surface area contributed by atoms with Crippen molar-refractivity contribution in [2.75, 3.05) is 4.72 Å². The monoisotopic (exact) mass is 363 g/mol. The molecule has 0 saturated carbocycles. The lowest BCUT2D eigenvalue weighted by atomic mass is 10.3. The molecule has 0 unspecified atom stereocenters. The summed E-state index contributed by atoms with van der Waals surface area (Å²) in [6.45, 7) is 0. The van der Waals surface area contributed by atoms with Gasteiger partial charge >= 0.3 is 0 Å². The van der Waals surface area contributed by atoms with E-state index in [0.29, 0.717) is 4.47 Å². The number of anilines is 1. The Balaban J connectivity index is 2.36. The molecule has 3 nitrogen and oxygen atoms in total. The molecule has 0 atom stereocenters. The van der Waals surface area contributed by atoms with E-state index in [4.69, 9.17) is 11.6 Å². The van der Waals surface area contributed by atoms with Crippen molar-refractivity contribution in [3.05, 3.63) is 57.8 Å². The third-order valence-corrected chi connectivity index (χ3v) is 4.45. The summed E-state index contributed by atoms with van der Waals surface area (Å²) in [7, 11) is -3.76. The molecule has 0 bridgehead atoms. The highest BCUT2D eigenvalue weighted by Crippen LogP contribution is 2.26. The van der Waals surface area contributed by atoms with Gasteiger partial charge in [0.1, 0.15) is 5.82 Å². The Labute approximate surface area is 123 Å². The molecule has 2 aromatic carbocycles. The largest absolute Gasteiger partial charge is 0.278 e. The Morgan fingerprint density at radius 2 is 1.89 bits per heavy atom. The molecular weight excluding hydrogens is 357 g/mol. The van der Waals surface area contributed by atoms with Gasteiger partial charge in [-0.25, -0.2) is 12.8 Å². The van der Waals surface area contributed by atoms with E-state index in [2.05, 4.69) is 20.7 Å². The fourth-order valence-corrected chi connectivity index (χ4v) is 3.36. The lowest BCUT2D eigenvalue weighted by Gasteiger charge is -2.09. The predicted octanol–water partition coefficient (Wildman–Crippen LogP) is 4.04. The zero-order chi connectivity index (χ0) is 14.0. The molecule has 100 valence electrons. The van der Waals surface area contributed by atoms with Crippen LogP contribution in [0.1, 0.15) is 0 Å². The van der Waals surface area contributed by atoms with Crippen LogP contribution in [-0.2, 0) is 10.0 Å². The first-order valence-corrected chi connectivity index (χ1v) is 7.77. The molecule has 19 heavy (non-hydrogen) atoms. The fourth-order valence-electron chi connectivity index (χ4n) is 1.41. The first-order chi connectivity index (χ1) is 8.88. The van der Waals surface area contributed by atoms with E-state index in [-0.39, 0.29) is 15.6 Å². The minimum atomic E-state index is -3.76. The number of hydrogen-bond acceptors (Lipinski definition) is 2. The Morgan fingerprint density at radius 1 is 1.16 bits per heavy atom. The number of hydrogen-bond donors (Lipinski definition) is 1. The molecule has 0 amide bonds. The SMILES string of the molecule is O=S(=O)(Nc1ccc(F)cc1Cl)c1cccc(Br)c1. The van der Waals surface area contributed by atoms with Crippen LogP contribution in [0, 0.1) is 5.82 Å². The molecule has 0 radical (unpaired) electrons. The highest BCUT2D eigenvalue weighted by molar-refractivity contribution is 9.10. The molecule has 7 heteroatoms. The van der Waals surface area contributed by atoms with Gasteiger partial charge in [-0.15, -0.1) is 0 Å². The predicted molar refractivity (Wildman–Crippen MR) is 76.4 cm³/mol. The van der Waals surface area contributed by atoms with Crippen LogP contribution in [-0.4, -0.2) is 8.42 Å². The Kier molecular flexibility index (Phi) is 4.13. The highest BCUT2D eigenvalue weighted by Gasteiger charge is 2.16. The van der Waals surface area contributed by atoms with E-state index < -0.39 is 15.8 Å². The lowest BCUT2D eigenvalue weighted by Crippen LogP contribution is -2.13. The van der Waals surface area contributed by atoms with Crippen molar-refractivity contribution in [1.82, 2.24) is 0 Å². The van der Waals surface area contributed by atoms with Crippen molar-refractivity contribution in [3.63, 3.8) is 0 Å². The lowest BCUT2D eigenvalue weighted by molar-refractivity contribution is 0.601. The zero-order valence-corrected chi connectivity index (χ0v) is 12.6. The maximum absolute atomic E-state index is 12.9. The van der Waals surface area contributed by atoms with Crippen LogP contribution in [0.2, 0.25) is 5.02 Å². The summed E-state index contributed by atoms with van der Waals surface area (Å²) in [5.41, 5.74) is 0.128. The van der Waals surface area contributed by atoms with Crippen molar-refractivity contribution in [1.29, 1.82) is 0 Å². The quantitative estimate of drug-likeness (QED) is 0.893. The van der Waals surface area contributed by atoms with Crippen molar-refractivity contribution in [2.24, 2.45) is 0 Å². The first-order valence-electron chi connectivity index (χ1n) is 5.12. The summed E-state index contributed by atoms with van der Waals surface area (Å²) in [5.74, 6) is -0.532. The third-order valence-electron chi connectivity index (χ3n) is 2.28. The normalized spacial score (nSPS) is 11.3. The van der Waals surface area contributed by atoms with E-state index in [1.54, 1.807) is 12.1 Å². The third kappa shape index (κ3) is 3.46. The molecule has 0 aliphatic carbocycles. The van der Waals surface area contributed by atoms with Crippen LogP contribution in [0.15, 0.2) is 51.8 Å². The molecule has 0 aromatic heterocycles. The highest BCUT2D eigenvalue weighted by atomic mass is 79.9. The molecule has 0 spiro atoms. The van der Waals surface area contributed by atoms with Gasteiger partial charge in [0.2, 0.25) is 0 Å². The summed E-state index contributed by atoms with van der Waals surface area (Å²) >= 11 is 8.97. The van der Waals surface area contributed by atoms with Gasteiger partial charge in [-0.3, -0.25) is 4.72 Å². The molecule has 0 fully saturated rings. The van der Waals surface area contributed by atoms with Gasteiger partial charge in [0.15, 0.2) is 0 Å². The number of benzene rings is 2. The summed E-state index contributed by atoms with van der Waals surface area (Å²) in [4.78, 5) is 0.0854. The van der Waals surface area contributed by atoms with E-state index in [1.807, 2.05) is 0 Å².